The Morgan fingerprint density at radius 1 is 1.05 bits per heavy atom. The summed E-state index contributed by atoms with van der Waals surface area (Å²) >= 11 is 0. The first-order valence-electron chi connectivity index (χ1n) is 13.3. The number of fused-ring (bicyclic) bond motifs is 2. The Bertz CT molecular complexity index is 1690. The van der Waals surface area contributed by atoms with Crippen LogP contribution in [0.5, 0.6) is 17.2 Å². The number of esters is 1. The first-order valence-corrected chi connectivity index (χ1v) is 13.3. The van der Waals surface area contributed by atoms with Crippen molar-refractivity contribution in [1.82, 2.24) is 0 Å². The van der Waals surface area contributed by atoms with Crippen LogP contribution in [0, 0.1) is 38.0 Å². The number of rotatable bonds is 7. The van der Waals surface area contributed by atoms with E-state index in [0.29, 0.717) is 29.4 Å². The lowest BCUT2D eigenvalue weighted by Gasteiger charge is -2.27. The third-order valence-electron chi connectivity index (χ3n) is 7.29. The molecule has 0 aliphatic carbocycles. The Morgan fingerprint density at radius 2 is 1.82 bits per heavy atom. The first-order chi connectivity index (χ1) is 19.2. The second-order valence-electron chi connectivity index (χ2n) is 10.6. The van der Waals surface area contributed by atoms with Gasteiger partial charge in [0.05, 0.1) is 12.5 Å². The van der Waals surface area contributed by atoms with Gasteiger partial charge in [-0.25, -0.2) is 4.79 Å². The molecule has 40 heavy (non-hydrogen) atoms. The molecule has 204 valence electrons. The van der Waals surface area contributed by atoms with Crippen LogP contribution in [-0.4, -0.2) is 12.6 Å². The molecule has 0 spiro atoms. The molecule has 5 rings (SSSR count). The van der Waals surface area contributed by atoms with Gasteiger partial charge in [-0.05, 0) is 80.1 Å². The van der Waals surface area contributed by atoms with E-state index >= 15 is 0 Å². The molecule has 0 radical (unpaired) electrons. The molecule has 0 bridgehead atoms. The Morgan fingerprint density at radius 3 is 2.58 bits per heavy atom. The molecule has 2 heterocycles. The predicted octanol–water partition coefficient (Wildman–Crippen LogP) is 7.22. The number of hydrogen-bond acceptors (Lipinski definition) is 7. The molecule has 0 amide bonds. The van der Waals surface area contributed by atoms with Crippen LogP contribution in [0.1, 0.15) is 64.6 Å². The summed E-state index contributed by atoms with van der Waals surface area (Å²) in [6, 6.07) is 18.9. The lowest BCUT2D eigenvalue weighted by atomic mass is 9.83. The van der Waals surface area contributed by atoms with Gasteiger partial charge in [-0.15, -0.1) is 0 Å². The van der Waals surface area contributed by atoms with E-state index in [1.165, 1.54) is 0 Å². The van der Waals surface area contributed by atoms with E-state index < -0.39 is 11.9 Å². The number of furan rings is 1. The molecule has 1 aromatic heterocycles. The SMILES string of the molecule is Cc1cc2oc(C(=O)Oc3ccc4c(c3)OC(N)=C(C#N)C4c3cccc(OCCC(C)C)c3)c(C)c2cc1C. The highest BCUT2D eigenvalue weighted by molar-refractivity contribution is 5.97. The van der Waals surface area contributed by atoms with Gasteiger partial charge in [-0.2, -0.15) is 5.26 Å². The molecule has 0 saturated carbocycles. The Hall–Kier alpha value is -4.70. The zero-order valence-corrected chi connectivity index (χ0v) is 23.3. The van der Waals surface area contributed by atoms with Crippen molar-refractivity contribution in [3.05, 3.63) is 99.6 Å². The van der Waals surface area contributed by atoms with Crippen LogP contribution in [0.25, 0.3) is 11.0 Å². The second-order valence-corrected chi connectivity index (χ2v) is 10.6. The van der Waals surface area contributed by atoms with Crippen molar-refractivity contribution in [1.29, 1.82) is 5.26 Å². The first kappa shape index (κ1) is 26.9. The lowest BCUT2D eigenvalue weighted by Crippen LogP contribution is -2.21. The Labute approximate surface area is 233 Å². The molecule has 1 atom stereocenters. The molecule has 4 aromatic rings. The van der Waals surface area contributed by atoms with E-state index in [1.807, 2.05) is 57.2 Å². The van der Waals surface area contributed by atoms with Gasteiger partial charge in [0, 0.05) is 22.6 Å². The van der Waals surface area contributed by atoms with Crippen molar-refractivity contribution in [3.63, 3.8) is 0 Å². The molecule has 1 unspecified atom stereocenters. The van der Waals surface area contributed by atoms with Gasteiger partial charge in [0.1, 0.15) is 34.5 Å². The average molecular weight is 537 g/mol. The highest BCUT2D eigenvalue weighted by atomic mass is 16.5. The number of carbonyl (C=O) groups excluding carboxylic acids is 1. The monoisotopic (exact) mass is 536 g/mol. The van der Waals surface area contributed by atoms with Gasteiger partial charge in [-0.1, -0.05) is 32.0 Å². The number of nitrogens with two attached hydrogens (primary N) is 1. The van der Waals surface area contributed by atoms with Crippen molar-refractivity contribution in [2.45, 2.75) is 47.0 Å². The Balaban J connectivity index is 1.44. The molecule has 7 nitrogen and oxygen atoms in total. The summed E-state index contributed by atoms with van der Waals surface area (Å²) in [4.78, 5) is 13.1. The zero-order chi connectivity index (χ0) is 28.6. The zero-order valence-electron chi connectivity index (χ0n) is 23.3. The number of hydrogen-bond donors (Lipinski definition) is 1. The summed E-state index contributed by atoms with van der Waals surface area (Å²) in [5, 5.41) is 10.8. The third kappa shape index (κ3) is 5.13. The van der Waals surface area contributed by atoms with Gasteiger partial charge in [0.25, 0.3) is 0 Å². The fourth-order valence-corrected chi connectivity index (χ4v) is 4.86. The van der Waals surface area contributed by atoms with Gasteiger partial charge < -0.3 is 24.4 Å². The third-order valence-corrected chi connectivity index (χ3v) is 7.29. The second kappa shape index (κ2) is 10.8. The van der Waals surface area contributed by atoms with Crippen LogP contribution in [0.3, 0.4) is 0 Å². The molecule has 2 N–H and O–H groups in total. The maximum Gasteiger partial charge on any atom is 0.379 e. The fraction of sp³-hybridized carbons (Fsp3) is 0.273. The minimum absolute atomic E-state index is 0.00785. The Kier molecular flexibility index (Phi) is 7.27. The fourth-order valence-electron chi connectivity index (χ4n) is 4.86. The standard InChI is InChI=1S/C33H32N2O5/c1-18(2)11-12-37-23-8-6-7-22(15-23)30-25-10-9-24(16-29(25)40-32(35)27(30)17-34)38-33(36)31-21(5)26-13-19(3)20(4)14-28(26)39-31/h6-10,13-16,18,30H,11-12,35H2,1-5H3. The highest BCUT2D eigenvalue weighted by Crippen LogP contribution is 2.44. The summed E-state index contributed by atoms with van der Waals surface area (Å²) in [5.41, 5.74) is 11.6. The average Bonchev–Trinajstić information content (AvgIpc) is 3.23. The molecule has 1 aliphatic rings. The van der Waals surface area contributed by atoms with Gasteiger partial charge in [-0.3, -0.25) is 0 Å². The van der Waals surface area contributed by atoms with Crippen molar-refractivity contribution in [2.75, 3.05) is 6.61 Å². The minimum atomic E-state index is -0.608. The summed E-state index contributed by atoms with van der Waals surface area (Å²) in [6.07, 6.45) is 0.939. The topological polar surface area (TPSA) is 108 Å². The summed E-state index contributed by atoms with van der Waals surface area (Å²) in [6.45, 7) is 10.8. The number of nitrogens with zero attached hydrogens (tertiary/aromatic N) is 1. The summed E-state index contributed by atoms with van der Waals surface area (Å²) in [7, 11) is 0. The quantitative estimate of drug-likeness (QED) is 0.196. The number of benzene rings is 3. The molecule has 0 saturated heterocycles. The maximum atomic E-state index is 13.1. The van der Waals surface area contributed by atoms with Crippen LogP contribution >= 0.6 is 0 Å². The van der Waals surface area contributed by atoms with Crippen LogP contribution in [0.4, 0.5) is 0 Å². The molecular weight excluding hydrogens is 504 g/mol. The molecule has 3 aromatic carbocycles. The molecule has 0 fully saturated rings. The van der Waals surface area contributed by atoms with E-state index in [2.05, 4.69) is 19.9 Å². The maximum absolute atomic E-state index is 13.1. The molecular formula is C33H32N2O5. The lowest BCUT2D eigenvalue weighted by molar-refractivity contribution is 0.0702. The van der Waals surface area contributed by atoms with Gasteiger partial charge in [0.15, 0.2) is 0 Å². The summed E-state index contributed by atoms with van der Waals surface area (Å²) in [5.74, 6) is 1.02. The van der Waals surface area contributed by atoms with Crippen molar-refractivity contribution in [3.8, 4) is 23.3 Å². The minimum Gasteiger partial charge on any atom is -0.494 e. The van der Waals surface area contributed by atoms with E-state index in [9.17, 15) is 10.1 Å². The predicted molar refractivity (Wildman–Crippen MR) is 153 cm³/mol. The van der Waals surface area contributed by atoms with Crippen LogP contribution in [0.15, 0.2) is 70.5 Å². The van der Waals surface area contributed by atoms with Crippen LogP contribution in [-0.2, 0) is 0 Å². The highest BCUT2D eigenvalue weighted by Gasteiger charge is 2.31. The van der Waals surface area contributed by atoms with Crippen molar-refractivity contribution < 1.29 is 23.4 Å². The van der Waals surface area contributed by atoms with E-state index in [4.69, 9.17) is 24.4 Å². The van der Waals surface area contributed by atoms with Gasteiger partial charge >= 0.3 is 5.97 Å². The number of ether oxygens (including phenoxy) is 3. The largest absolute Gasteiger partial charge is 0.494 e. The molecule has 1 aliphatic heterocycles. The van der Waals surface area contributed by atoms with E-state index in [1.54, 1.807) is 18.2 Å². The van der Waals surface area contributed by atoms with Crippen molar-refractivity contribution in [2.24, 2.45) is 11.7 Å². The van der Waals surface area contributed by atoms with Crippen LogP contribution < -0.4 is 19.9 Å². The van der Waals surface area contributed by atoms with E-state index in [0.717, 1.165) is 45.4 Å². The number of carbonyl (C=O) groups is 1. The smallest absolute Gasteiger partial charge is 0.379 e. The van der Waals surface area contributed by atoms with Crippen molar-refractivity contribution >= 4 is 16.9 Å². The number of allylic oxidation sites excluding steroid dienone is 1. The summed E-state index contributed by atoms with van der Waals surface area (Å²) < 4.78 is 23.3. The van der Waals surface area contributed by atoms with Crippen LogP contribution in [0.2, 0.25) is 0 Å². The van der Waals surface area contributed by atoms with Gasteiger partial charge in [0.2, 0.25) is 11.6 Å². The number of aryl methyl sites for hydroxylation is 3. The molecule has 7 heteroatoms. The van der Waals surface area contributed by atoms with E-state index in [-0.39, 0.29) is 17.4 Å². The number of nitriles is 1. The normalized spacial score (nSPS) is 14.6.